The summed E-state index contributed by atoms with van der Waals surface area (Å²) in [6, 6.07) is 6.05. The second kappa shape index (κ2) is 3.70. The van der Waals surface area contributed by atoms with Gasteiger partial charge in [-0.05, 0) is 49.4 Å². The van der Waals surface area contributed by atoms with Crippen LogP contribution in [0.5, 0.6) is 0 Å². The molecule has 3 heterocycles. The third-order valence-corrected chi connectivity index (χ3v) is 4.15. The van der Waals surface area contributed by atoms with Gasteiger partial charge in [-0.2, -0.15) is 0 Å². The van der Waals surface area contributed by atoms with Crippen LogP contribution in [0.25, 0.3) is 16.7 Å². The van der Waals surface area contributed by atoms with Gasteiger partial charge in [0, 0.05) is 18.9 Å². The first kappa shape index (κ1) is 10.8. The fraction of sp³-hybridized carbons (Fsp3) is 0.333. The molecule has 0 saturated heterocycles. The van der Waals surface area contributed by atoms with Crippen molar-refractivity contribution in [3.63, 3.8) is 0 Å². The predicted octanol–water partition coefficient (Wildman–Crippen LogP) is 2.06. The molecule has 3 aromatic rings. The van der Waals surface area contributed by atoms with E-state index in [-0.39, 0.29) is 5.56 Å². The molecule has 1 aliphatic rings. The van der Waals surface area contributed by atoms with Gasteiger partial charge in [0.2, 0.25) is 0 Å². The van der Waals surface area contributed by atoms with E-state index in [0.717, 1.165) is 29.5 Å². The van der Waals surface area contributed by atoms with Gasteiger partial charge in [-0.3, -0.25) is 9.36 Å². The van der Waals surface area contributed by atoms with Gasteiger partial charge in [0.25, 0.3) is 5.56 Å². The maximum absolute atomic E-state index is 12.5. The first-order valence-corrected chi connectivity index (χ1v) is 6.74. The number of aryl methyl sites for hydroxylation is 3. The summed E-state index contributed by atoms with van der Waals surface area (Å²) in [6.45, 7) is 0. The highest BCUT2D eigenvalue weighted by Gasteiger charge is 2.19. The lowest BCUT2D eigenvalue weighted by Crippen LogP contribution is -2.20. The minimum Gasteiger partial charge on any atom is -0.306 e. The maximum Gasteiger partial charge on any atom is 0.276 e. The normalized spacial score (nSPS) is 15.0. The van der Waals surface area contributed by atoms with Crippen LogP contribution in [0, 0.1) is 0 Å². The van der Waals surface area contributed by atoms with E-state index in [0.29, 0.717) is 0 Å². The van der Waals surface area contributed by atoms with E-state index in [9.17, 15) is 4.79 Å². The summed E-state index contributed by atoms with van der Waals surface area (Å²) in [5.74, 6) is 0. The standard InChI is InChI=1S/C15H15N3O/c1-17-14-12(7-4-8-16-14)18-11-6-3-2-5-10(11)9-13(18)15(17)19/h4,7-9H,2-3,5-6H2,1H3. The van der Waals surface area contributed by atoms with Crippen molar-refractivity contribution in [3.8, 4) is 0 Å². The zero-order chi connectivity index (χ0) is 13.0. The van der Waals surface area contributed by atoms with Crippen LogP contribution >= 0.6 is 0 Å². The van der Waals surface area contributed by atoms with Gasteiger partial charge in [-0.1, -0.05) is 0 Å². The number of aromatic nitrogens is 3. The zero-order valence-corrected chi connectivity index (χ0v) is 10.9. The Morgan fingerprint density at radius 2 is 2.05 bits per heavy atom. The van der Waals surface area contributed by atoms with E-state index in [4.69, 9.17) is 0 Å². The number of rotatable bonds is 0. The fourth-order valence-electron chi connectivity index (χ4n) is 3.22. The summed E-state index contributed by atoms with van der Waals surface area (Å²) in [5, 5.41) is 0. The average molecular weight is 253 g/mol. The van der Waals surface area contributed by atoms with Crippen LogP contribution in [0.3, 0.4) is 0 Å². The summed E-state index contributed by atoms with van der Waals surface area (Å²) in [7, 11) is 1.80. The molecule has 0 fully saturated rings. The average Bonchev–Trinajstić information content (AvgIpc) is 2.84. The highest BCUT2D eigenvalue weighted by Crippen LogP contribution is 2.26. The molecule has 0 bridgehead atoms. The van der Waals surface area contributed by atoms with Crippen molar-refractivity contribution in [2.24, 2.45) is 7.05 Å². The topological polar surface area (TPSA) is 39.3 Å². The molecule has 3 aromatic heterocycles. The van der Waals surface area contributed by atoms with Crippen LogP contribution in [0.2, 0.25) is 0 Å². The molecule has 0 spiro atoms. The Morgan fingerprint density at radius 3 is 2.95 bits per heavy atom. The molecule has 4 heteroatoms. The maximum atomic E-state index is 12.5. The molecule has 0 radical (unpaired) electrons. The molecule has 0 aliphatic heterocycles. The first-order valence-electron chi connectivity index (χ1n) is 6.74. The van der Waals surface area contributed by atoms with Crippen LogP contribution in [0.1, 0.15) is 24.1 Å². The van der Waals surface area contributed by atoms with E-state index in [1.165, 1.54) is 24.1 Å². The van der Waals surface area contributed by atoms with Crippen LogP contribution in [0.4, 0.5) is 0 Å². The van der Waals surface area contributed by atoms with Crippen molar-refractivity contribution in [1.82, 2.24) is 14.0 Å². The number of hydrogen-bond donors (Lipinski definition) is 0. The van der Waals surface area contributed by atoms with Gasteiger partial charge in [0.15, 0.2) is 5.65 Å². The zero-order valence-electron chi connectivity index (χ0n) is 10.9. The Labute approximate surface area is 110 Å². The predicted molar refractivity (Wildman–Crippen MR) is 74.6 cm³/mol. The van der Waals surface area contributed by atoms with Crippen molar-refractivity contribution in [2.75, 3.05) is 0 Å². The van der Waals surface area contributed by atoms with Gasteiger partial charge in [-0.15, -0.1) is 0 Å². The largest absolute Gasteiger partial charge is 0.306 e. The Hall–Kier alpha value is -2.10. The Balaban J connectivity index is 2.31. The van der Waals surface area contributed by atoms with Gasteiger partial charge >= 0.3 is 0 Å². The lowest BCUT2D eigenvalue weighted by molar-refractivity contribution is 0.671. The van der Waals surface area contributed by atoms with E-state index >= 15 is 0 Å². The highest BCUT2D eigenvalue weighted by atomic mass is 16.1. The van der Waals surface area contributed by atoms with Crippen molar-refractivity contribution >= 4 is 16.7 Å². The van der Waals surface area contributed by atoms with Crippen LogP contribution in [-0.2, 0) is 19.9 Å². The molecule has 0 saturated carbocycles. The van der Waals surface area contributed by atoms with Crippen molar-refractivity contribution < 1.29 is 0 Å². The lowest BCUT2D eigenvalue weighted by Gasteiger charge is -2.14. The first-order chi connectivity index (χ1) is 9.27. The van der Waals surface area contributed by atoms with Crippen molar-refractivity contribution in [3.05, 3.63) is 46.0 Å². The van der Waals surface area contributed by atoms with Gasteiger partial charge in [-0.25, -0.2) is 4.98 Å². The van der Waals surface area contributed by atoms with E-state index < -0.39 is 0 Å². The quantitative estimate of drug-likeness (QED) is 0.615. The summed E-state index contributed by atoms with van der Waals surface area (Å²) in [4.78, 5) is 16.8. The fourth-order valence-corrected chi connectivity index (χ4v) is 3.22. The molecule has 0 N–H and O–H groups in total. The van der Waals surface area contributed by atoms with E-state index in [1.54, 1.807) is 17.8 Å². The summed E-state index contributed by atoms with van der Waals surface area (Å²) in [6.07, 6.45) is 6.31. The second-order valence-corrected chi connectivity index (χ2v) is 5.25. The molecule has 1 aliphatic carbocycles. The minimum atomic E-state index is 0.0422. The molecule has 0 aromatic carbocycles. The SMILES string of the molecule is Cn1c(=O)c2cc3c(n2c2cccnc21)CCCC3. The van der Waals surface area contributed by atoms with E-state index in [1.807, 2.05) is 12.1 Å². The second-order valence-electron chi connectivity index (χ2n) is 5.25. The van der Waals surface area contributed by atoms with E-state index in [2.05, 4.69) is 15.5 Å². The Bertz CT molecular complexity index is 857. The molecule has 19 heavy (non-hydrogen) atoms. The van der Waals surface area contributed by atoms with Crippen molar-refractivity contribution in [2.45, 2.75) is 25.7 Å². The molecule has 96 valence electrons. The summed E-state index contributed by atoms with van der Waals surface area (Å²) < 4.78 is 3.77. The minimum absolute atomic E-state index is 0.0422. The Kier molecular flexibility index (Phi) is 2.10. The third kappa shape index (κ3) is 1.34. The molecule has 0 atom stereocenters. The van der Waals surface area contributed by atoms with Crippen LogP contribution in [0.15, 0.2) is 29.2 Å². The number of hydrogen-bond acceptors (Lipinski definition) is 2. The summed E-state index contributed by atoms with van der Waals surface area (Å²) in [5.41, 5.74) is 5.25. The van der Waals surface area contributed by atoms with Crippen molar-refractivity contribution in [1.29, 1.82) is 0 Å². The van der Waals surface area contributed by atoms with Gasteiger partial charge in [0.05, 0.1) is 5.52 Å². The third-order valence-electron chi connectivity index (χ3n) is 4.15. The van der Waals surface area contributed by atoms with Gasteiger partial charge in [0.1, 0.15) is 5.52 Å². The molecule has 4 nitrogen and oxygen atoms in total. The molecular formula is C15H15N3O. The molecule has 0 amide bonds. The van der Waals surface area contributed by atoms with Crippen LogP contribution in [-0.4, -0.2) is 14.0 Å². The summed E-state index contributed by atoms with van der Waals surface area (Å²) >= 11 is 0. The van der Waals surface area contributed by atoms with Gasteiger partial charge < -0.3 is 4.40 Å². The molecule has 4 rings (SSSR count). The Morgan fingerprint density at radius 1 is 1.21 bits per heavy atom. The smallest absolute Gasteiger partial charge is 0.276 e. The number of fused-ring (bicyclic) bond motifs is 5. The molecule has 0 unspecified atom stereocenters. The number of nitrogens with zero attached hydrogens (tertiary/aromatic N) is 3. The highest BCUT2D eigenvalue weighted by molar-refractivity contribution is 5.76. The lowest BCUT2D eigenvalue weighted by atomic mass is 9.98. The number of pyridine rings is 1. The molecular weight excluding hydrogens is 238 g/mol. The van der Waals surface area contributed by atoms with Crippen LogP contribution < -0.4 is 5.56 Å². The monoisotopic (exact) mass is 253 g/mol.